The highest BCUT2D eigenvalue weighted by molar-refractivity contribution is 5.60. The van der Waals surface area contributed by atoms with Gasteiger partial charge in [-0.05, 0) is 35.3 Å². The number of aryl methyl sites for hydroxylation is 1. The molecule has 0 N–H and O–H groups in total. The molecule has 1 atom stereocenters. The first kappa shape index (κ1) is 20.7. The van der Waals surface area contributed by atoms with E-state index in [1.165, 1.54) is 35.0 Å². The number of rotatable bonds is 6. The Morgan fingerprint density at radius 3 is 2.74 bits per heavy atom. The molecule has 164 valence electrons. The SMILES string of the molecule is Cn1nc(-c2ccc(OC(F)(F)F)cc2)cc1CO[C@@H]1COc2nc([N+](=O)[O-])cn2C1. The summed E-state index contributed by atoms with van der Waals surface area (Å²) < 4.78 is 55.1. The van der Waals surface area contributed by atoms with E-state index in [2.05, 4.69) is 14.8 Å². The first-order valence-corrected chi connectivity index (χ1v) is 9.03. The van der Waals surface area contributed by atoms with Crippen molar-refractivity contribution in [3.63, 3.8) is 0 Å². The average molecular weight is 439 g/mol. The fraction of sp³-hybridized carbons (Fsp3) is 0.333. The highest BCUT2D eigenvalue weighted by Crippen LogP contribution is 2.27. The maximum Gasteiger partial charge on any atom is 0.573 e. The maximum atomic E-state index is 12.3. The minimum Gasteiger partial charge on any atom is -0.443 e. The topological polar surface area (TPSA) is 106 Å². The van der Waals surface area contributed by atoms with Crippen LogP contribution in [0.1, 0.15) is 5.69 Å². The molecule has 13 heteroatoms. The van der Waals surface area contributed by atoms with Crippen LogP contribution in [0, 0.1) is 10.1 Å². The molecule has 0 unspecified atom stereocenters. The molecule has 10 nitrogen and oxygen atoms in total. The van der Waals surface area contributed by atoms with E-state index in [1.54, 1.807) is 17.8 Å². The van der Waals surface area contributed by atoms with Crippen molar-refractivity contribution in [1.82, 2.24) is 19.3 Å². The zero-order valence-electron chi connectivity index (χ0n) is 16.1. The van der Waals surface area contributed by atoms with Crippen LogP contribution in [0.4, 0.5) is 19.0 Å². The fourth-order valence-electron chi connectivity index (χ4n) is 3.07. The Morgan fingerprint density at radius 1 is 1.32 bits per heavy atom. The van der Waals surface area contributed by atoms with Gasteiger partial charge in [0.15, 0.2) is 0 Å². The molecule has 31 heavy (non-hydrogen) atoms. The Hall–Kier alpha value is -3.61. The van der Waals surface area contributed by atoms with Crippen molar-refractivity contribution in [3.8, 4) is 23.0 Å². The van der Waals surface area contributed by atoms with Crippen molar-refractivity contribution in [1.29, 1.82) is 0 Å². The number of alkyl halides is 3. The molecule has 0 spiro atoms. The van der Waals surface area contributed by atoms with Gasteiger partial charge in [0, 0.05) is 17.6 Å². The van der Waals surface area contributed by atoms with Gasteiger partial charge in [-0.25, -0.2) is 0 Å². The molecule has 1 aliphatic rings. The van der Waals surface area contributed by atoms with Crippen molar-refractivity contribution in [2.75, 3.05) is 6.61 Å². The molecule has 0 bridgehead atoms. The van der Waals surface area contributed by atoms with Crippen LogP contribution in [0.25, 0.3) is 11.3 Å². The van der Waals surface area contributed by atoms with E-state index in [9.17, 15) is 23.3 Å². The van der Waals surface area contributed by atoms with Crippen LogP contribution >= 0.6 is 0 Å². The number of benzene rings is 1. The monoisotopic (exact) mass is 439 g/mol. The van der Waals surface area contributed by atoms with Crippen LogP contribution in [-0.2, 0) is 24.9 Å². The van der Waals surface area contributed by atoms with Gasteiger partial charge in [0.2, 0.25) is 0 Å². The summed E-state index contributed by atoms with van der Waals surface area (Å²) in [5.74, 6) is -0.606. The molecule has 0 aliphatic carbocycles. The Morgan fingerprint density at radius 2 is 2.06 bits per heavy atom. The zero-order chi connectivity index (χ0) is 22.2. The smallest absolute Gasteiger partial charge is 0.443 e. The van der Waals surface area contributed by atoms with Gasteiger partial charge in [0.25, 0.3) is 0 Å². The second kappa shape index (κ2) is 7.91. The molecule has 0 saturated carbocycles. The van der Waals surface area contributed by atoms with E-state index in [0.717, 1.165) is 5.69 Å². The van der Waals surface area contributed by atoms with Crippen LogP contribution in [0.15, 0.2) is 36.5 Å². The molecule has 0 fully saturated rings. The van der Waals surface area contributed by atoms with Crippen molar-refractivity contribution in [2.45, 2.75) is 25.6 Å². The average Bonchev–Trinajstić information content (AvgIpc) is 3.29. The normalized spacial score (nSPS) is 15.9. The Balaban J connectivity index is 1.39. The third-order valence-corrected chi connectivity index (χ3v) is 4.54. The van der Waals surface area contributed by atoms with Gasteiger partial charge in [0.05, 0.1) is 24.5 Å². The lowest BCUT2D eigenvalue weighted by molar-refractivity contribution is -0.389. The van der Waals surface area contributed by atoms with Crippen molar-refractivity contribution < 1.29 is 32.3 Å². The molecular weight excluding hydrogens is 423 g/mol. The second-order valence-corrected chi connectivity index (χ2v) is 6.75. The van der Waals surface area contributed by atoms with Crippen molar-refractivity contribution in [3.05, 3.63) is 52.3 Å². The number of nitrogens with zero attached hydrogens (tertiary/aromatic N) is 5. The summed E-state index contributed by atoms with van der Waals surface area (Å²) >= 11 is 0. The summed E-state index contributed by atoms with van der Waals surface area (Å²) in [6.07, 6.45) is -3.81. The Bertz CT molecular complexity index is 1090. The van der Waals surface area contributed by atoms with Gasteiger partial charge < -0.3 is 24.3 Å². The molecular formula is C18H16F3N5O5. The highest BCUT2D eigenvalue weighted by atomic mass is 19.4. The number of imidazole rings is 1. The summed E-state index contributed by atoms with van der Waals surface area (Å²) in [6.45, 7) is 0.736. The molecule has 2 aromatic heterocycles. The summed E-state index contributed by atoms with van der Waals surface area (Å²) in [5, 5.41) is 15.2. The number of halogens is 3. The van der Waals surface area contributed by atoms with Gasteiger partial charge in [-0.15, -0.1) is 13.2 Å². The summed E-state index contributed by atoms with van der Waals surface area (Å²) in [7, 11) is 1.72. The lowest BCUT2D eigenvalue weighted by Gasteiger charge is -2.22. The first-order chi connectivity index (χ1) is 14.7. The van der Waals surface area contributed by atoms with Crippen LogP contribution in [0.2, 0.25) is 0 Å². The lowest BCUT2D eigenvalue weighted by Crippen LogP contribution is -2.32. The van der Waals surface area contributed by atoms with Crippen LogP contribution in [0.5, 0.6) is 11.8 Å². The van der Waals surface area contributed by atoms with Gasteiger partial charge in [-0.1, -0.05) is 0 Å². The van der Waals surface area contributed by atoms with Gasteiger partial charge >= 0.3 is 18.2 Å². The molecule has 3 aromatic rings. The molecule has 1 aliphatic heterocycles. The van der Waals surface area contributed by atoms with E-state index in [0.29, 0.717) is 17.8 Å². The largest absolute Gasteiger partial charge is 0.573 e. The second-order valence-electron chi connectivity index (χ2n) is 6.75. The minimum absolute atomic E-state index is 0.173. The van der Waals surface area contributed by atoms with Crippen LogP contribution in [-0.4, -0.2) is 43.3 Å². The molecule has 0 saturated heterocycles. The van der Waals surface area contributed by atoms with E-state index < -0.39 is 11.3 Å². The summed E-state index contributed by atoms with van der Waals surface area (Å²) in [6, 6.07) is 7.33. The predicted octanol–water partition coefficient (Wildman–Crippen LogP) is 3.07. The molecule has 4 rings (SSSR count). The number of hydrogen-bond acceptors (Lipinski definition) is 7. The van der Waals surface area contributed by atoms with Gasteiger partial charge in [-0.3, -0.25) is 9.25 Å². The highest BCUT2D eigenvalue weighted by Gasteiger charge is 2.31. The van der Waals surface area contributed by atoms with E-state index in [1.807, 2.05) is 0 Å². The summed E-state index contributed by atoms with van der Waals surface area (Å²) in [4.78, 5) is 14.0. The number of nitro groups is 1. The third-order valence-electron chi connectivity index (χ3n) is 4.54. The standard InChI is InChI=1S/C18H16F3N5O5/c1-24-12(6-15(23-24)11-2-4-13(5-3-11)31-18(19,20)21)9-29-14-7-25-8-16(26(27)28)22-17(25)30-10-14/h2-6,8,14H,7,9-10H2,1H3/t14-/m0/s1. The van der Waals surface area contributed by atoms with E-state index >= 15 is 0 Å². The van der Waals surface area contributed by atoms with Gasteiger partial charge in [0.1, 0.15) is 24.7 Å². The maximum absolute atomic E-state index is 12.3. The quantitative estimate of drug-likeness (QED) is 0.429. The third kappa shape index (κ3) is 4.77. The van der Waals surface area contributed by atoms with Gasteiger partial charge in [-0.2, -0.15) is 5.10 Å². The minimum atomic E-state index is -4.75. The number of ether oxygens (including phenoxy) is 3. The first-order valence-electron chi connectivity index (χ1n) is 9.03. The van der Waals surface area contributed by atoms with Crippen LogP contribution < -0.4 is 9.47 Å². The van der Waals surface area contributed by atoms with E-state index in [-0.39, 0.29) is 36.9 Å². The Labute approximate surface area is 172 Å². The lowest BCUT2D eigenvalue weighted by atomic mass is 10.1. The predicted molar refractivity (Wildman–Crippen MR) is 98.3 cm³/mol. The summed E-state index contributed by atoms with van der Waals surface area (Å²) in [5.41, 5.74) is 1.91. The molecule has 3 heterocycles. The number of hydrogen-bond donors (Lipinski definition) is 0. The zero-order valence-corrected chi connectivity index (χ0v) is 16.1. The molecule has 0 radical (unpaired) electrons. The molecule has 1 aromatic carbocycles. The van der Waals surface area contributed by atoms with Crippen molar-refractivity contribution >= 4 is 5.82 Å². The van der Waals surface area contributed by atoms with E-state index in [4.69, 9.17) is 9.47 Å². The number of aromatic nitrogens is 4. The number of fused-ring (bicyclic) bond motifs is 1. The Kier molecular flexibility index (Phi) is 5.27. The van der Waals surface area contributed by atoms with Crippen molar-refractivity contribution in [2.24, 2.45) is 7.05 Å². The fourth-order valence-corrected chi connectivity index (χ4v) is 3.07. The molecule has 0 amide bonds. The van der Waals surface area contributed by atoms with Crippen LogP contribution in [0.3, 0.4) is 0 Å².